The van der Waals surface area contributed by atoms with Gasteiger partial charge in [0.25, 0.3) is 0 Å². The fourth-order valence-corrected chi connectivity index (χ4v) is 1.51. The Morgan fingerprint density at radius 2 is 2.19 bits per heavy atom. The molecule has 6 heteroatoms. The van der Waals surface area contributed by atoms with Crippen molar-refractivity contribution in [3.8, 4) is 0 Å². The first-order valence-electron chi connectivity index (χ1n) is 5.45. The van der Waals surface area contributed by atoms with Crippen LogP contribution in [0.1, 0.15) is 34.6 Å². The molecular weight excluding hydrogens is 222 g/mol. The first kappa shape index (κ1) is 13.3. The van der Waals surface area contributed by atoms with E-state index in [-0.39, 0.29) is 11.8 Å². The van der Waals surface area contributed by atoms with E-state index in [9.17, 15) is 0 Å². The van der Waals surface area contributed by atoms with E-state index < -0.39 is 0 Å². The summed E-state index contributed by atoms with van der Waals surface area (Å²) in [6, 6.07) is 0. The van der Waals surface area contributed by atoms with Crippen LogP contribution in [0, 0.1) is 0 Å². The minimum absolute atomic E-state index is 0.00636. The molecular formula is C10H21N5S. The van der Waals surface area contributed by atoms with Crippen molar-refractivity contribution in [1.29, 1.82) is 0 Å². The molecule has 1 atom stereocenters. The van der Waals surface area contributed by atoms with Gasteiger partial charge in [-0.2, -0.15) is 4.99 Å². The van der Waals surface area contributed by atoms with Gasteiger partial charge in [0, 0.05) is 12.1 Å². The predicted molar refractivity (Wildman–Crippen MR) is 71.7 cm³/mol. The number of rotatable bonds is 2. The molecule has 16 heavy (non-hydrogen) atoms. The number of thiol groups is 1. The molecule has 0 aromatic heterocycles. The Balaban J connectivity index is 2.81. The number of hydrogen-bond acceptors (Lipinski definition) is 4. The molecule has 92 valence electrons. The van der Waals surface area contributed by atoms with E-state index in [1.54, 1.807) is 4.31 Å². The summed E-state index contributed by atoms with van der Waals surface area (Å²) in [6.07, 6.45) is -0.0915. The molecule has 0 aromatic rings. The maximum atomic E-state index is 4.39. The van der Waals surface area contributed by atoms with Gasteiger partial charge in [0.1, 0.15) is 5.84 Å². The summed E-state index contributed by atoms with van der Waals surface area (Å²) in [4.78, 5) is 8.56. The van der Waals surface area contributed by atoms with Gasteiger partial charge in [0.05, 0.1) is 0 Å². The molecule has 1 rings (SSSR count). The maximum Gasteiger partial charge on any atom is 0.222 e. The summed E-state index contributed by atoms with van der Waals surface area (Å²) < 4.78 is 1.76. The normalized spacial score (nSPS) is 24.4. The Hall–Kier alpha value is -0.750. The highest BCUT2D eigenvalue weighted by molar-refractivity contribution is 7.78. The molecule has 0 amide bonds. The van der Waals surface area contributed by atoms with E-state index in [4.69, 9.17) is 0 Å². The number of nitrogens with zero attached hydrogens (tertiary/aromatic N) is 3. The Labute approximate surface area is 103 Å². The van der Waals surface area contributed by atoms with E-state index in [1.165, 1.54) is 0 Å². The van der Waals surface area contributed by atoms with Crippen LogP contribution in [0.15, 0.2) is 9.98 Å². The average molecular weight is 243 g/mol. The summed E-state index contributed by atoms with van der Waals surface area (Å²) in [6.45, 7) is 10.9. The molecule has 1 aliphatic rings. The Kier molecular flexibility index (Phi) is 4.21. The van der Waals surface area contributed by atoms with E-state index in [2.05, 4.69) is 54.2 Å². The van der Waals surface area contributed by atoms with Crippen LogP contribution in [0.2, 0.25) is 0 Å². The average Bonchev–Trinajstić information content (AvgIpc) is 2.11. The molecule has 0 bridgehead atoms. The minimum atomic E-state index is -0.0915. The topological polar surface area (TPSA) is 52.0 Å². The molecule has 0 saturated carbocycles. The fourth-order valence-electron chi connectivity index (χ4n) is 1.35. The zero-order valence-electron chi connectivity index (χ0n) is 10.6. The third-order valence-corrected chi connectivity index (χ3v) is 2.51. The van der Waals surface area contributed by atoms with Crippen LogP contribution in [-0.2, 0) is 0 Å². The number of amidine groups is 1. The second-order valence-corrected chi connectivity index (χ2v) is 5.17. The minimum Gasteiger partial charge on any atom is -0.321 e. The fraction of sp³-hybridized carbons (Fsp3) is 0.800. The van der Waals surface area contributed by atoms with E-state index >= 15 is 0 Å². The molecule has 1 unspecified atom stereocenters. The van der Waals surface area contributed by atoms with Crippen molar-refractivity contribution in [2.75, 3.05) is 6.54 Å². The van der Waals surface area contributed by atoms with Crippen LogP contribution in [0.5, 0.6) is 0 Å². The van der Waals surface area contributed by atoms with E-state index in [1.807, 2.05) is 13.8 Å². The Bertz CT molecular complexity index is 305. The molecule has 0 aromatic carbocycles. The summed E-state index contributed by atoms with van der Waals surface area (Å²) in [5, 5.41) is 6.60. The Morgan fingerprint density at radius 1 is 1.56 bits per heavy atom. The zero-order valence-corrected chi connectivity index (χ0v) is 11.5. The molecule has 0 aliphatic carbocycles. The first-order valence-corrected chi connectivity index (χ1v) is 5.85. The van der Waals surface area contributed by atoms with Gasteiger partial charge in [0.2, 0.25) is 5.96 Å². The third kappa shape index (κ3) is 3.68. The summed E-state index contributed by atoms with van der Waals surface area (Å²) in [5.41, 5.74) is -0.00636. The van der Waals surface area contributed by atoms with Gasteiger partial charge < -0.3 is 5.32 Å². The third-order valence-electron chi connectivity index (χ3n) is 1.99. The highest BCUT2D eigenvalue weighted by Crippen LogP contribution is 2.10. The van der Waals surface area contributed by atoms with Gasteiger partial charge in [-0.05, 0) is 34.6 Å². The summed E-state index contributed by atoms with van der Waals surface area (Å²) in [7, 11) is 0. The zero-order chi connectivity index (χ0) is 12.3. The molecule has 0 radical (unpaired) electrons. The van der Waals surface area contributed by atoms with Crippen molar-refractivity contribution in [3.63, 3.8) is 0 Å². The molecule has 1 heterocycles. The summed E-state index contributed by atoms with van der Waals surface area (Å²) >= 11 is 4.39. The lowest BCUT2D eigenvalue weighted by molar-refractivity contribution is 0.271. The van der Waals surface area contributed by atoms with Crippen LogP contribution in [-0.4, -0.2) is 34.5 Å². The van der Waals surface area contributed by atoms with Crippen LogP contribution in [0.25, 0.3) is 0 Å². The van der Waals surface area contributed by atoms with Gasteiger partial charge in [-0.15, -0.1) is 0 Å². The molecule has 1 aliphatic heterocycles. The van der Waals surface area contributed by atoms with Gasteiger partial charge in [-0.3, -0.25) is 14.6 Å². The standard InChI is InChI=1S/C10H21N5S/c1-6-11-8-12-7(2)15(16)9(13-8)14-10(3,4)5/h9,14,16H,6H2,1-5H3,(H,11,13). The molecule has 0 saturated heterocycles. The van der Waals surface area contributed by atoms with E-state index in [0.717, 1.165) is 5.84 Å². The highest BCUT2D eigenvalue weighted by Gasteiger charge is 2.26. The van der Waals surface area contributed by atoms with Crippen molar-refractivity contribution >= 4 is 24.6 Å². The van der Waals surface area contributed by atoms with Gasteiger partial charge in [-0.25, -0.2) is 0 Å². The maximum absolute atomic E-state index is 4.39. The van der Waals surface area contributed by atoms with Crippen molar-refractivity contribution in [3.05, 3.63) is 0 Å². The molecule has 0 spiro atoms. The molecule has 2 N–H and O–H groups in total. The number of nitrogens with one attached hydrogen (secondary N) is 2. The molecule has 0 fully saturated rings. The predicted octanol–water partition coefficient (Wildman–Crippen LogP) is 1.20. The first-order chi connectivity index (χ1) is 7.33. The van der Waals surface area contributed by atoms with Crippen LogP contribution < -0.4 is 10.6 Å². The van der Waals surface area contributed by atoms with Gasteiger partial charge >= 0.3 is 0 Å². The smallest absolute Gasteiger partial charge is 0.222 e. The lowest BCUT2D eigenvalue weighted by atomic mass is 10.1. The van der Waals surface area contributed by atoms with E-state index in [0.29, 0.717) is 12.5 Å². The van der Waals surface area contributed by atoms with Crippen molar-refractivity contribution < 1.29 is 0 Å². The second kappa shape index (κ2) is 5.05. The largest absolute Gasteiger partial charge is 0.321 e. The monoisotopic (exact) mass is 243 g/mol. The van der Waals surface area contributed by atoms with Crippen molar-refractivity contribution in [1.82, 2.24) is 14.9 Å². The number of aliphatic imine (C=N–C) groups is 2. The second-order valence-electron chi connectivity index (χ2n) is 4.74. The van der Waals surface area contributed by atoms with Crippen LogP contribution in [0.3, 0.4) is 0 Å². The van der Waals surface area contributed by atoms with Gasteiger partial charge in [0.15, 0.2) is 6.29 Å². The lowest BCUT2D eigenvalue weighted by Gasteiger charge is -2.37. The Morgan fingerprint density at radius 3 is 2.69 bits per heavy atom. The summed E-state index contributed by atoms with van der Waals surface area (Å²) in [5.74, 6) is 1.49. The van der Waals surface area contributed by atoms with Crippen molar-refractivity contribution in [2.24, 2.45) is 9.98 Å². The quantitative estimate of drug-likeness (QED) is 0.639. The SMILES string of the molecule is CCN=C1N=C(C)N(S)C(NC(C)(C)C)N1. The van der Waals surface area contributed by atoms with Crippen LogP contribution in [0.4, 0.5) is 0 Å². The number of hydrogen-bond donors (Lipinski definition) is 3. The van der Waals surface area contributed by atoms with Crippen molar-refractivity contribution in [2.45, 2.75) is 46.4 Å². The lowest BCUT2D eigenvalue weighted by Crippen LogP contribution is -2.62. The molecule has 5 nitrogen and oxygen atoms in total. The van der Waals surface area contributed by atoms with Crippen LogP contribution >= 0.6 is 12.8 Å². The highest BCUT2D eigenvalue weighted by atomic mass is 32.1. The van der Waals surface area contributed by atoms with Gasteiger partial charge in [-0.1, -0.05) is 12.8 Å². The number of guanidine groups is 1.